The molecule has 1 aromatic carbocycles. The molecule has 148 valence electrons. The highest BCUT2D eigenvalue weighted by atomic mass is 16.6. The monoisotopic (exact) mass is 381 g/mol. The predicted molar refractivity (Wildman–Crippen MR) is 111 cm³/mol. The van der Waals surface area contributed by atoms with Gasteiger partial charge in [-0.3, -0.25) is 20.0 Å². The minimum Gasteiger partial charge on any atom is -0.371 e. The molecule has 2 aliphatic heterocycles. The molecule has 7 nitrogen and oxygen atoms in total. The Morgan fingerprint density at radius 3 is 2.46 bits per heavy atom. The zero-order chi connectivity index (χ0) is 19.5. The van der Waals surface area contributed by atoms with Crippen molar-refractivity contribution >= 4 is 11.4 Å². The third kappa shape index (κ3) is 4.00. The van der Waals surface area contributed by atoms with Gasteiger partial charge >= 0.3 is 0 Å². The number of likely N-dealkylation sites (N-methyl/N-ethyl adjacent to an activating group) is 1. The summed E-state index contributed by atoms with van der Waals surface area (Å²) in [5, 5.41) is 11.3. The Morgan fingerprint density at radius 2 is 1.82 bits per heavy atom. The molecule has 0 spiro atoms. The van der Waals surface area contributed by atoms with Gasteiger partial charge in [-0.05, 0) is 32.0 Å². The molecule has 2 saturated heterocycles. The van der Waals surface area contributed by atoms with Gasteiger partial charge in [-0.1, -0.05) is 6.07 Å². The number of piperidine rings is 1. The zero-order valence-corrected chi connectivity index (χ0v) is 16.3. The topological polar surface area (TPSA) is 65.8 Å². The Labute approximate surface area is 165 Å². The standard InChI is InChI=1S/C21H27N5O2/c1-23-11-13-24(14-12-23)18-6-9-25(10-7-18)21-5-4-19(26(27)28)15-20(21)17-3-2-8-22-16-17/h2-5,8,15-16,18H,6-7,9-14H2,1H3. The summed E-state index contributed by atoms with van der Waals surface area (Å²) in [5.41, 5.74) is 2.99. The molecule has 2 fully saturated rings. The zero-order valence-electron chi connectivity index (χ0n) is 16.3. The fraction of sp³-hybridized carbons (Fsp3) is 0.476. The van der Waals surface area contributed by atoms with Gasteiger partial charge < -0.3 is 9.80 Å². The average molecular weight is 381 g/mol. The molecule has 0 amide bonds. The fourth-order valence-corrected chi connectivity index (χ4v) is 4.33. The molecule has 28 heavy (non-hydrogen) atoms. The van der Waals surface area contributed by atoms with E-state index < -0.39 is 0 Å². The third-order valence-electron chi connectivity index (χ3n) is 6.02. The lowest BCUT2D eigenvalue weighted by Gasteiger charge is -2.43. The second-order valence-corrected chi connectivity index (χ2v) is 7.76. The van der Waals surface area contributed by atoms with E-state index in [9.17, 15) is 10.1 Å². The number of aromatic nitrogens is 1. The molecule has 0 atom stereocenters. The number of nitro groups is 1. The van der Waals surface area contributed by atoms with Gasteiger partial charge in [0.2, 0.25) is 0 Å². The number of anilines is 1. The van der Waals surface area contributed by atoms with E-state index in [2.05, 4.69) is 26.7 Å². The summed E-state index contributed by atoms with van der Waals surface area (Å²) < 4.78 is 0. The molecular weight excluding hydrogens is 354 g/mol. The molecule has 2 aliphatic rings. The van der Waals surface area contributed by atoms with Crippen molar-refractivity contribution in [3.05, 3.63) is 52.8 Å². The normalized spacial score (nSPS) is 19.7. The van der Waals surface area contributed by atoms with Crippen LogP contribution in [0.15, 0.2) is 42.7 Å². The number of benzene rings is 1. The summed E-state index contributed by atoms with van der Waals surface area (Å²) in [6.45, 7) is 6.55. The number of pyridine rings is 1. The second kappa shape index (κ2) is 8.24. The lowest BCUT2D eigenvalue weighted by molar-refractivity contribution is -0.384. The molecule has 0 bridgehead atoms. The van der Waals surface area contributed by atoms with Crippen LogP contribution in [0.4, 0.5) is 11.4 Å². The third-order valence-corrected chi connectivity index (χ3v) is 6.02. The molecule has 0 radical (unpaired) electrons. The van der Waals surface area contributed by atoms with Crippen molar-refractivity contribution in [3.63, 3.8) is 0 Å². The maximum atomic E-state index is 11.3. The number of non-ortho nitro benzene ring substituents is 1. The average Bonchev–Trinajstić information content (AvgIpc) is 2.74. The molecule has 1 aromatic heterocycles. The van der Waals surface area contributed by atoms with Crippen molar-refractivity contribution in [3.8, 4) is 11.1 Å². The van der Waals surface area contributed by atoms with Crippen LogP contribution >= 0.6 is 0 Å². The molecule has 7 heteroatoms. The first-order valence-corrected chi connectivity index (χ1v) is 9.98. The van der Waals surface area contributed by atoms with E-state index in [0.717, 1.165) is 68.9 Å². The first-order chi connectivity index (χ1) is 13.6. The highest BCUT2D eigenvalue weighted by Gasteiger charge is 2.28. The Balaban J connectivity index is 1.52. The van der Waals surface area contributed by atoms with E-state index in [1.165, 1.54) is 0 Å². The Bertz CT molecular complexity index is 813. The molecule has 0 aliphatic carbocycles. The van der Waals surface area contributed by atoms with Crippen LogP contribution in [0.25, 0.3) is 11.1 Å². The highest BCUT2D eigenvalue weighted by Crippen LogP contribution is 2.35. The number of hydrogen-bond donors (Lipinski definition) is 0. The molecule has 2 aromatic rings. The molecular formula is C21H27N5O2. The highest BCUT2D eigenvalue weighted by molar-refractivity contribution is 5.80. The minimum absolute atomic E-state index is 0.120. The number of rotatable bonds is 4. The Morgan fingerprint density at radius 1 is 1.07 bits per heavy atom. The van der Waals surface area contributed by atoms with E-state index >= 15 is 0 Å². The summed E-state index contributed by atoms with van der Waals surface area (Å²) in [7, 11) is 2.19. The summed E-state index contributed by atoms with van der Waals surface area (Å²) in [6, 6.07) is 9.67. The fourth-order valence-electron chi connectivity index (χ4n) is 4.33. The van der Waals surface area contributed by atoms with Crippen molar-refractivity contribution in [1.82, 2.24) is 14.8 Å². The largest absolute Gasteiger partial charge is 0.371 e. The van der Waals surface area contributed by atoms with Gasteiger partial charge in [0.05, 0.1) is 4.92 Å². The van der Waals surface area contributed by atoms with Crippen molar-refractivity contribution < 1.29 is 4.92 Å². The number of hydrogen-bond acceptors (Lipinski definition) is 6. The second-order valence-electron chi connectivity index (χ2n) is 7.76. The molecule has 4 rings (SSSR count). The summed E-state index contributed by atoms with van der Waals surface area (Å²) >= 11 is 0. The molecule has 3 heterocycles. The quantitative estimate of drug-likeness (QED) is 0.599. The van der Waals surface area contributed by atoms with Crippen LogP contribution in [0.5, 0.6) is 0 Å². The molecule has 0 saturated carbocycles. The first kappa shape index (κ1) is 18.8. The maximum absolute atomic E-state index is 11.3. The lowest BCUT2D eigenvalue weighted by atomic mass is 9.98. The first-order valence-electron chi connectivity index (χ1n) is 9.98. The van der Waals surface area contributed by atoms with Crippen molar-refractivity contribution in [2.24, 2.45) is 0 Å². The van der Waals surface area contributed by atoms with E-state index in [4.69, 9.17) is 0 Å². The van der Waals surface area contributed by atoms with Crippen molar-refractivity contribution in [1.29, 1.82) is 0 Å². The SMILES string of the molecule is CN1CCN(C2CCN(c3ccc([N+](=O)[O-])cc3-c3cccnc3)CC2)CC1. The van der Waals surface area contributed by atoms with Crippen LogP contribution in [0, 0.1) is 10.1 Å². The number of piperazine rings is 1. The minimum atomic E-state index is -0.330. The van der Waals surface area contributed by atoms with Crippen LogP contribution in [-0.2, 0) is 0 Å². The number of nitrogens with zero attached hydrogens (tertiary/aromatic N) is 5. The van der Waals surface area contributed by atoms with Gasteiger partial charge in [0.1, 0.15) is 0 Å². The van der Waals surface area contributed by atoms with Crippen LogP contribution in [0.1, 0.15) is 12.8 Å². The van der Waals surface area contributed by atoms with Gasteiger partial charge in [0, 0.05) is 86.7 Å². The maximum Gasteiger partial charge on any atom is 0.270 e. The van der Waals surface area contributed by atoms with Crippen LogP contribution in [0.3, 0.4) is 0 Å². The van der Waals surface area contributed by atoms with Crippen molar-refractivity contribution in [2.45, 2.75) is 18.9 Å². The predicted octanol–water partition coefficient (Wildman–Crippen LogP) is 2.87. The van der Waals surface area contributed by atoms with E-state index in [1.807, 2.05) is 18.2 Å². The summed E-state index contributed by atoms with van der Waals surface area (Å²) in [4.78, 5) is 22.6. The number of nitro benzene ring substituents is 1. The van der Waals surface area contributed by atoms with Crippen molar-refractivity contribution in [2.75, 3.05) is 51.2 Å². The van der Waals surface area contributed by atoms with E-state index in [-0.39, 0.29) is 10.6 Å². The Hall–Kier alpha value is -2.51. The molecule has 0 unspecified atom stereocenters. The van der Waals surface area contributed by atoms with Gasteiger partial charge in [-0.25, -0.2) is 0 Å². The Kier molecular flexibility index (Phi) is 5.54. The van der Waals surface area contributed by atoms with Crippen LogP contribution in [0.2, 0.25) is 0 Å². The van der Waals surface area contributed by atoms with Gasteiger partial charge in [-0.2, -0.15) is 0 Å². The summed E-state index contributed by atoms with van der Waals surface area (Å²) in [5.74, 6) is 0. The van der Waals surface area contributed by atoms with E-state index in [1.54, 1.807) is 24.5 Å². The lowest BCUT2D eigenvalue weighted by Crippen LogP contribution is -2.52. The van der Waals surface area contributed by atoms with Crippen LogP contribution < -0.4 is 4.90 Å². The van der Waals surface area contributed by atoms with Gasteiger partial charge in [0.25, 0.3) is 5.69 Å². The smallest absolute Gasteiger partial charge is 0.270 e. The molecule has 0 N–H and O–H groups in total. The van der Waals surface area contributed by atoms with Gasteiger partial charge in [-0.15, -0.1) is 0 Å². The van der Waals surface area contributed by atoms with Gasteiger partial charge in [0.15, 0.2) is 0 Å². The van der Waals surface area contributed by atoms with Crippen LogP contribution in [-0.4, -0.2) is 72.1 Å². The summed E-state index contributed by atoms with van der Waals surface area (Å²) in [6.07, 6.45) is 5.77. The van der Waals surface area contributed by atoms with E-state index in [0.29, 0.717) is 6.04 Å².